The summed E-state index contributed by atoms with van der Waals surface area (Å²) in [6.07, 6.45) is 7.69. The van der Waals surface area contributed by atoms with Gasteiger partial charge >= 0.3 is 0 Å². The summed E-state index contributed by atoms with van der Waals surface area (Å²) in [5, 5.41) is 17.2. The molecule has 0 spiro atoms. The van der Waals surface area contributed by atoms with Gasteiger partial charge in [0.2, 0.25) is 0 Å². The average molecular weight is 406 g/mol. The molecule has 3 aromatic heterocycles. The Bertz CT molecular complexity index is 1180. The standard InChI is InChI=1S/C21H19FN6O2/c1-13-11-28(12-24-13)21-17(30-2)9-14(10-23-21)3-8-18-25-20(27-26-18)19(29)15-4-6-16(22)7-5-15/h3-12,19,29H,1-2H3,(H,25,26,27)/b8-3+/t19-/m0/s1. The number of nitrogens with one attached hydrogen (secondary N) is 1. The SMILES string of the molecule is COc1cc(/C=C/c2n[nH]c([C@@H](O)c3ccc(F)cc3)n2)cnc1-n1cnc(C)c1. The Labute approximate surface area is 171 Å². The van der Waals surface area contributed by atoms with E-state index in [2.05, 4.69) is 25.1 Å². The molecule has 0 unspecified atom stereocenters. The number of aromatic amines is 1. The number of imidazole rings is 1. The maximum Gasteiger partial charge on any atom is 0.180 e. The van der Waals surface area contributed by atoms with E-state index < -0.39 is 6.10 Å². The molecule has 0 aliphatic rings. The number of aliphatic hydroxyl groups excluding tert-OH is 1. The zero-order chi connectivity index (χ0) is 21.1. The number of rotatable bonds is 6. The molecule has 0 saturated carbocycles. The van der Waals surface area contributed by atoms with Crippen LogP contribution in [0, 0.1) is 12.7 Å². The lowest BCUT2D eigenvalue weighted by Crippen LogP contribution is -2.02. The Hall–Kier alpha value is -3.85. The van der Waals surface area contributed by atoms with Crippen molar-refractivity contribution < 1.29 is 14.2 Å². The van der Waals surface area contributed by atoms with Gasteiger partial charge in [-0.2, -0.15) is 5.10 Å². The first-order valence-electron chi connectivity index (χ1n) is 9.12. The van der Waals surface area contributed by atoms with Gasteiger partial charge in [0.1, 0.15) is 18.2 Å². The van der Waals surface area contributed by atoms with Crippen LogP contribution in [0.5, 0.6) is 5.75 Å². The summed E-state index contributed by atoms with van der Waals surface area (Å²) in [5.41, 5.74) is 2.19. The van der Waals surface area contributed by atoms with Gasteiger partial charge in [-0.1, -0.05) is 12.1 Å². The molecular weight excluding hydrogens is 387 g/mol. The van der Waals surface area contributed by atoms with Crippen LogP contribution in [0.4, 0.5) is 4.39 Å². The van der Waals surface area contributed by atoms with E-state index in [1.54, 1.807) is 36.4 Å². The Kier molecular flexibility index (Phi) is 5.36. The van der Waals surface area contributed by atoms with Crippen LogP contribution in [0.3, 0.4) is 0 Å². The molecule has 0 amide bonds. The predicted octanol–water partition coefficient (Wildman–Crippen LogP) is 3.09. The molecule has 4 aromatic rings. The number of aliphatic hydroxyl groups is 1. The number of H-pyrrole nitrogens is 1. The van der Waals surface area contributed by atoms with E-state index >= 15 is 0 Å². The summed E-state index contributed by atoms with van der Waals surface area (Å²) >= 11 is 0. The number of benzene rings is 1. The molecule has 0 saturated heterocycles. The maximum atomic E-state index is 13.0. The topological polar surface area (TPSA) is 102 Å². The maximum absolute atomic E-state index is 13.0. The molecule has 9 heteroatoms. The van der Waals surface area contributed by atoms with E-state index in [1.807, 2.05) is 19.2 Å². The molecule has 8 nitrogen and oxygen atoms in total. The smallest absolute Gasteiger partial charge is 0.180 e. The average Bonchev–Trinajstić information content (AvgIpc) is 3.41. The van der Waals surface area contributed by atoms with E-state index in [9.17, 15) is 9.50 Å². The minimum atomic E-state index is -1.03. The van der Waals surface area contributed by atoms with Gasteiger partial charge in [0.25, 0.3) is 0 Å². The lowest BCUT2D eigenvalue weighted by atomic mass is 10.1. The van der Waals surface area contributed by atoms with Crippen molar-refractivity contribution in [3.8, 4) is 11.6 Å². The van der Waals surface area contributed by atoms with Gasteiger partial charge in [-0.3, -0.25) is 9.67 Å². The van der Waals surface area contributed by atoms with Crippen molar-refractivity contribution in [3.63, 3.8) is 0 Å². The number of aryl methyl sites for hydroxylation is 1. The number of aromatic nitrogens is 6. The number of pyridine rings is 1. The largest absolute Gasteiger partial charge is 0.493 e. The number of ether oxygens (including phenoxy) is 1. The number of halogens is 1. The highest BCUT2D eigenvalue weighted by Crippen LogP contribution is 2.23. The molecule has 1 aromatic carbocycles. The highest BCUT2D eigenvalue weighted by molar-refractivity contribution is 5.67. The molecule has 1 atom stereocenters. The van der Waals surface area contributed by atoms with Gasteiger partial charge in [0.05, 0.1) is 12.8 Å². The van der Waals surface area contributed by atoms with Crippen LogP contribution < -0.4 is 4.74 Å². The second-order valence-electron chi connectivity index (χ2n) is 6.58. The second kappa shape index (κ2) is 8.26. The molecule has 152 valence electrons. The van der Waals surface area contributed by atoms with Gasteiger partial charge in [0.15, 0.2) is 23.2 Å². The predicted molar refractivity (Wildman–Crippen MR) is 108 cm³/mol. The van der Waals surface area contributed by atoms with E-state index in [4.69, 9.17) is 4.74 Å². The number of methoxy groups -OCH3 is 1. The quantitative estimate of drug-likeness (QED) is 0.510. The fraction of sp³-hybridized carbons (Fsp3) is 0.143. The van der Waals surface area contributed by atoms with Gasteiger partial charge in [-0.15, -0.1) is 0 Å². The molecule has 4 rings (SSSR count). The number of hydrogen-bond donors (Lipinski definition) is 2. The van der Waals surface area contributed by atoms with Gasteiger partial charge < -0.3 is 9.84 Å². The normalized spacial score (nSPS) is 12.4. The first-order valence-corrected chi connectivity index (χ1v) is 9.12. The third kappa shape index (κ3) is 4.11. The molecule has 0 aliphatic heterocycles. The van der Waals surface area contributed by atoms with Crippen LogP contribution in [-0.2, 0) is 0 Å². The zero-order valence-corrected chi connectivity index (χ0v) is 16.3. The molecule has 30 heavy (non-hydrogen) atoms. The Balaban J connectivity index is 1.52. The minimum absolute atomic E-state index is 0.266. The van der Waals surface area contributed by atoms with E-state index in [0.29, 0.717) is 23.0 Å². The van der Waals surface area contributed by atoms with E-state index in [1.165, 1.54) is 24.3 Å². The monoisotopic (exact) mass is 406 g/mol. The van der Waals surface area contributed by atoms with Gasteiger partial charge in [-0.25, -0.2) is 19.3 Å². The van der Waals surface area contributed by atoms with Crippen LogP contribution in [0.25, 0.3) is 18.0 Å². The van der Waals surface area contributed by atoms with E-state index in [0.717, 1.165) is 11.3 Å². The van der Waals surface area contributed by atoms with Crippen LogP contribution in [0.2, 0.25) is 0 Å². The number of nitrogens with zero attached hydrogens (tertiary/aromatic N) is 5. The highest BCUT2D eigenvalue weighted by atomic mass is 19.1. The lowest BCUT2D eigenvalue weighted by molar-refractivity contribution is 0.210. The number of hydrogen-bond acceptors (Lipinski definition) is 6. The van der Waals surface area contributed by atoms with Crippen molar-refractivity contribution in [3.05, 3.63) is 83.3 Å². The molecule has 0 radical (unpaired) electrons. The van der Waals surface area contributed by atoms with Crippen molar-refractivity contribution >= 4 is 12.2 Å². The fourth-order valence-electron chi connectivity index (χ4n) is 2.88. The van der Waals surface area contributed by atoms with Crippen molar-refractivity contribution in [2.45, 2.75) is 13.0 Å². The Morgan fingerprint density at radius 1 is 1.20 bits per heavy atom. The molecular formula is C21H19FN6O2. The van der Waals surface area contributed by atoms with Crippen molar-refractivity contribution in [2.75, 3.05) is 7.11 Å². The molecule has 2 N–H and O–H groups in total. The third-order valence-corrected chi connectivity index (χ3v) is 4.42. The van der Waals surface area contributed by atoms with Crippen LogP contribution in [0.1, 0.15) is 34.6 Å². The molecule has 0 bridgehead atoms. The lowest BCUT2D eigenvalue weighted by Gasteiger charge is -2.08. The summed E-state index contributed by atoms with van der Waals surface area (Å²) in [6.45, 7) is 1.90. The summed E-state index contributed by atoms with van der Waals surface area (Å²) in [6, 6.07) is 7.41. The first kappa shape index (κ1) is 19.5. The van der Waals surface area contributed by atoms with Crippen molar-refractivity contribution in [1.82, 2.24) is 29.7 Å². The van der Waals surface area contributed by atoms with Crippen LogP contribution >= 0.6 is 0 Å². The van der Waals surface area contributed by atoms with Crippen molar-refractivity contribution in [1.29, 1.82) is 0 Å². The second-order valence-corrected chi connectivity index (χ2v) is 6.58. The molecule has 0 fully saturated rings. The van der Waals surface area contributed by atoms with Crippen LogP contribution in [0.15, 0.2) is 49.1 Å². The highest BCUT2D eigenvalue weighted by Gasteiger charge is 2.15. The van der Waals surface area contributed by atoms with Crippen LogP contribution in [-0.4, -0.2) is 41.9 Å². The minimum Gasteiger partial charge on any atom is -0.493 e. The van der Waals surface area contributed by atoms with Gasteiger partial charge in [0, 0.05) is 12.4 Å². The Morgan fingerprint density at radius 3 is 2.70 bits per heavy atom. The fourth-order valence-corrected chi connectivity index (χ4v) is 2.88. The third-order valence-electron chi connectivity index (χ3n) is 4.42. The summed E-state index contributed by atoms with van der Waals surface area (Å²) in [5.74, 6) is 1.52. The van der Waals surface area contributed by atoms with Gasteiger partial charge in [-0.05, 0) is 48.4 Å². The van der Waals surface area contributed by atoms with E-state index in [-0.39, 0.29) is 11.6 Å². The molecule has 0 aliphatic carbocycles. The van der Waals surface area contributed by atoms with Crippen molar-refractivity contribution in [2.24, 2.45) is 0 Å². The first-order chi connectivity index (χ1) is 14.5. The summed E-state index contributed by atoms with van der Waals surface area (Å²) in [4.78, 5) is 12.9. The summed E-state index contributed by atoms with van der Waals surface area (Å²) in [7, 11) is 1.58. The zero-order valence-electron chi connectivity index (χ0n) is 16.3. The molecule has 3 heterocycles. The summed E-state index contributed by atoms with van der Waals surface area (Å²) < 4.78 is 20.3. The Morgan fingerprint density at radius 2 is 2.00 bits per heavy atom.